The first kappa shape index (κ1) is 19.0. The predicted molar refractivity (Wildman–Crippen MR) is 86.4 cm³/mol. The van der Waals surface area contributed by atoms with Crippen molar-refractivity contribution >= 4 is 5.91 Å². The zero-order chi connectivity index (χ0) is 19.2. The van der Waals surface area contributed by atoms with Gasteiger partial charge in [0, 0.05) is 6.54 Å². The summed E-state index contributed by atoms with van der Waals surface area (Å²) in [6, 6.07) is 4.66. The summed E-state index contributed by atoms with van der Waals surface area (Å²) in [6.45, 7) is -0.264. The fourth-order valence-electron chi connectivity index (χ4n) is 4.34. The van der Waals surface area contributed by atoms with Gasteiger partial charge in [0.1, 0.15) is 11.4 Å². The van der Waals surface area contributed by atoms with Crippen LogP contribution in [-0.2, 0) is 11.2 Å². The first-order valence-electron chi connectivity index (χ1n) is 8.67. The smallest absolute Gasteiger partial charge is 0.471 e. The molecule has 1 aliphatic heterocycles. The molecule has 26 heavy (non-hydrogen) atoms. The number of aliphatic hydroxyl groups is 2. The summed E-state index contributed by atoms with van der Waals surface area (Å²) >= 11 is 0. The Morgan fingerprint density at radius 3 is 2.35 bits per heavy atom. The molecule has 0 bridgehead atoms. The Morgan fingerprint density at radius 1 is 1.12 bits per heavy atom. The number of hydrogen-bond acceptors (Lipinski definition) is 4. The van der Waals surface area contributed by atoms with Gasteiger partial charge in [-0.1, -0.05) is 25.0 Å². The first-order chi connectivity index (χ1) is 12.1. The van der Waals surface area contributed by atoms with Gasteiger partial charge < -0.3 is 20.2 Å². The molecule has 2 aliphatic rings. The SMILES string of the molecule is O=C(N1CC[C@@]2(O)CCCCC2(O)[C@@H]1Cc1ccc(O)cc1)C(F)(F)F. The maximum Gasteiger partial charge on any atom is 0.471 e. The highest BCUT2D eigenvalue weighted by atomic mass is 19.4. The molecule has 1 aliphatic carbocycles. The number of carbonyl (C=O) groups is 1. The fourth-order valence-corrected chi connectivity index (χ4v) is 4.34. The van der Waals surface area contributed by atoms with E-state index in [2.05, 4.69) is 0 Å². The molecule has 3 N–H and O–H groups in total. The van der Waals surface area contributed by atoms with E-state index in [4.69, 9.17) is 0 Å². The van der Waals surface area contributed by atoms with Gasteiger partial charge in [0.15, 0.2) is 0 Å². The van der Waals surface area contributed by atoms with Crippen LogP contribution in [0.1, 0.15) is 37.7 Å². The van der Waals surface area contributed by atoms with Crippen LogP contribution in [0.3, 0.4) is 0 Å². The average Bonchev–Trinajstić information content (AvgIpc) is 2.57. The van der Waals surface area contributed by atoms with Crippen LogP contribution in [0.25, 0.3) is 0 Å². The first-order valence-corrected chi connectivity index (χ1v) is 8.67. The van der Waals surface area contributed by atoms with Crippen molar-refractivity contribution in [1.29, 1.82) is 0 Å². The van der Waals surface area contributed by atoms with Crippen molar-refractivity contribution in [3.05, 3.63) is 29.8 Å². The summed E-state index contributed by atoms with van der Waals surface area (Å²) in [5, 5.41) is 31.6. The van der Waals surface area contributed by atoms with E-state index in [1.807, 2.05) is 0 Å². The Balaban J connectivity index is 1.99. The lowest BCUT2D eigenvalue weighted by Crippen LogP contribution is -2.73. The van der Waals surface area contributed by atoms with Gasteiger partial charge in [-0.05, 0) is 43.4 Å². The molecule has 3 rings (SSSR count). The molecule has 1 saturated heterocycles. The number of phenolic OH excluding ortho intramolecular Hbond substituents is 1. The highest BCUT2D eigenvalue weighted by Gasteiger charge is 2.62. The van der Waals surface area contributed by atoms with E-state index in [9.17, 15) is 33.3 Å². The van der Waals surface area contributed by atoms with Gasteiger partial charge in [-0.25, -0.2) is 0 Å². The zero-order valence-electron chi connectivity index (χ0n) is 14.2. The van der Waals surface area contributed by atoms with Gasteiger partial charge in [0.25, 0.3) is 0 Å². The number of benzene rings is 1. The van der Waals surface area contributed by atoms with Crippen LogP contribution in [0.2, 0.25) is 0 Å². The second-order valence-corrected chi connectivity index (χ2v) is 7.30. The topological polar surface area (TPSA) is 81.0 Å². The number of aromatic hydroxyl groups is 1. The van der Waals surface area contributed by atoms with Gasteiger partial charge in [-0.2, -0.15) is 13.2 Å². The van der Waals surface area contributed by atoms with E-state index in [0.717, 1.165) is 0 Å². The molecule has 0 aromatic heterocycles. The highest BCUT2D eigenvalue weighted by molar-refractivity contribution is 5.82. The quantitative estimate of drug-likeness (QED) is 0.742. The van der Waals surface area contributed by atoms with Crippen LogP contribution in [0.15, 0.2) is 24.3 Å². The van der Waals surface area contributed by atoms with Crippen molar-refractivity contribution < 1.29 is 33.3 Å². The number of carbonyl (C=O) groups excluding carboxylic acids is 1. The van der Waals surface area contributed by atoms with E-state index in [1.165, 1.54) is 24.3 Å². The number of alkyl halides is 3. The monoisotopic (exact) mass is 373 g/mol. The molecule has 1 heterocycles. The molecule has 0 radical (unpaired) electrons. The Kier molecular flexibility index (Phi) is 4.69. The molecule has 1 saturated carbocycles. The molecular formula is C18H22F3NO4. The van der Waals surface area contributed by atoms with Gasteiger partial charge in [0.2, 0.25) is 0 Å². The van der Waals surface area contributed by atoms with Crippen LogP contribution < -0.4 is 0 Å². The van der Waals surface area contributed by atoms with Crippen molar-refractivity contribution in [2.45, 2.75) is 61.9 Å². The minimum Gasteiger partial charge on any atom is -0.508 e. The number of likely N-dealkylation sites (tertiary alicyclic amines) is 1. The predicted octanol–water partition coefficient (Wildman–Crippen LogP) is 2.13. The summed E-state index contributed by atoms with van der Waals surface area (Å²) in [6.07, 6.45) is -3.50. The third-order valence-corrected chi connectivity index (χ3v) is 5.77. The molecule has 8 heteroatoms. The second-order valence-electron chi connectivity index (χ2n) is 7.30. The fraction of sp³-hybridized carbons (Fsp3) is 0.611. The molecule has 1 unspecified atom stereocenters. The molecule has 0 spiro atoms. The van der Waals surface area contributed by atoms with Gasteiger partial charge in [0.05, 0.1) is 11.6 Å². The molecule has 3 atom stereocenters. The van der Waals surface area contributed by atoms with Crippen molar-refractivity contribution in [1.82, 2.24) is 4.90 Å². The molecule has 1 amide bonds. The van der Waals surface area contributed by atoms with Crippen molar-refractivity contribution in [3.8, 4) is 5.75 Å². The largest absolute Gasteiger partial charge is 0.508 e. The van der Waals surface area contributed by atoms with E-state index < -0.39 is 29.3 Å². The maximum atomic E-state index is 13.1. The molecule has 2 fully saturated rings. The summed E-state index contributed by atoms with van der Waals surface area (Å²) in [5.74, 6) is -1.99. The molecule has 5 nitrogen and oxygen atoms in total. The highest BCUT2D eigenvalue weighted by Crippen LogP contribution is 2.48. The standard InChI is InChI=1S/C18H22F3NO4/c19-18(20,21)15(24)22-10-9-16(25)7-1-2-8-17(16,26)14(22)11-12-3-5-13(23)6-4-12/h3-6,14,23,25-26H,1-2,7-11H2/t14-,16-,17?/m0/s1. The summed E-state index contributed by atoms with van der Waals surface area (Å²) < 4.78 is 39.2. The minimum absolute atomic E-state index is 0.00787. The van der Waals surface area contributed by atoms with E-state index in [1.54, 1.807) is 0 Å². The van der Waals surface area contributed by atoms with Gasteiger partial charge >= 0.3 is 12.1 Å². The number of nitrogens with zero attached hydrogens (tertiary/aromatic N) is 1. The minimum atomic E-state index is -5.05. The Labute approximate surface area is 149 Å². The van der Waals surface area contributed by atoms with Crippen molar-refractivity contribution in [2.24, 2.45) is 0 Å². The number of hydrogen-bond donors (Lipinski definition) is 3. The van der Waals surface area contributed by atoms with E-state index in [-0.39, 0.29) is 31.6 Å². The number of amides is 1. The molecule has 144 valence electrons. The van der Waals surface area contributed by atoms with Gasteiger partial charge in [-0.3, -0.25) is 4.79 Å². The van der Waals surface area contributed by atoms with Crippen LogP contribution in [0.5, 0.6) is 5.75 Å². The third-order valence-electron chi connectivity index (χ3n) is 5.77. The van der Waals surface area contributed by atoms with Crippen LogP contribution in [-0.4, -0.2) is 56.1 Å². The number of fused-ring (bicyclic) bond motifs is 1. The van der Waals surface area contributed by atoms with Crippen molar-refractivity contribution in [3.63, 3.8) is 0 Å². The lowest BCUT2D eigenvalue weighted by Gasteiger charge is -2.58. The Hall–Kier alpha value is -1.80. The molecular weight excluding hydrogens is 351 g/mol. The van der Waals surface area contributed by atoms with Crippen LogP contribution in [0.4, 0.5) is 13.2 Å². The average molecular weight is 373 g/mol. The second kappa shape index (κ2) is 6.42. The summed E-state index contributed by atoms with van der Waals surface area (Å²) in [4.78, 5) is 12.6. The number of halogens is 3. The van der Waals surface area contributed by atoms with Crippen LogP contribution in [0, 0.1) is 0 Å². The molecule has 1 aromatic rings. The van der Waals surface area contributed by atoms with E-state index >= 15 is 0 Å². The Morgan fingerprint density at radius 2 is 1.73 bits per heavy atom. The number of piperidine rings is 1. The third kappa shape index (κ3) is 3.16. The molecule has 1 aromatic carbocycles. The number of phenols is 1. The lowest BCUT2D eigenvalue weighted by atomic mass is 9.62. The zero-order valence-corrected chi connectivity index (χ0v) is 14.2. The summed E-state index contributed by atoms with van der Waals surface area (Å²) in [7, 11) is 0. The van der Waals surface area contributed by atoms with Crippen molar-refractivity contribution in [2.75, 3.05) is 6.54 Å². The van der Waals surface area contributed by atoms with Crippen LogP contribution >= 0.6 is 0 Å². The van der Waals surface area contributed by atoms with Gasteiger partial charge in [-0.15, -0.1) is 0 Å². The summed E-state index contributed by atoms with van der Waals surface area (Å²) in [5.41, 5.74) is -2.74. The normalized spacial score (nSPS) is 32.2. The lowest BCUT2D eigenvalue weighted by molar-refractivity contribution is -0.244. The maximum absolute atomic E-state index is 13.1. The number of rotatable bonds is 2. The Bertz CT molecular complexity index is 678. The van der Waals surface area contributed by atoms with E-state index in [0.29, 0.717) is 29.7 Å².